The molecule has 0 spiro atoms. The highest BCUT2D eigenvalue weighted by molar-refractivity contribution is 5.14. The van der Waals surface area contributed by atoms with Gasteiger partial charge in [0.05, 0.1) is 13.2 Å². The molecule has 1 aromatic rings. The second-order valence-corrected chi connectivity index (χ2v) is 4.82. The lowest BCUT2D eigenvalue weighted by Crippen LogP contribution is -2.17. The number of benzene rings is 1. The van der Waals surface area contributed by atoms with E-state index < -0.39 is 0 Å². The van der Waals surface area contributed by atoms with Crippen LogP contribution in [0.3, 0.4) is 0 Å². The molecule has 0 aromatic heterocycles. The van der Waals surface area contributed by atoms with Crippen LogP contribution in [0.15, 0.2) is 30.3 Å². The van der Waals surface area contributed by atoms with Crippen molar-refractivity contribution < 1.29 is 9.47 Å². The largest absolute Gasteiger partial charge is 0.381 e. The molecule has 100 valence electrons. The zero-order valence-electron chi connectivity index (χ0n) is 10.9. The van der Waals surface area contributed by atoms with Gasteiger partial charge in [-0.1, -0.05) is 30.3 Å². The molecule has 1 aromatic carbocycles. The molecule has 0 saturated carbocycles. The number of rotatable bonds is 8. The Bertz CT molecular complexity index is 310. The minimum absolute atomic E-state index is 0.627. The lowest BCUT2D eigenvalue weighted by molar-refractivity contribution is 0.0882. The molecule has 1 aliphatic rings. The molecule has 0 radical (unpaired) electrons. The molecule has 0 bridgehead atoms. The highest BCUT2D eigenvalue weighted by Crippen LogP contribution is 2.12. The van der Waals surface area contributed by atoms with Crippen LogP contribution < -0.4 is 5.32 Å². The second-order valence-electron chi connectivity index (χ2n) is 4.82. The summed E-state index contributed by atoms with van der Waals surface area (Å²) in [5.41, 5.74) is 1.33. The van der Waals surface area contributed by atoms with Crippen LogP contribution in [0.1, 0.15) is 18.4 Å². The van der Waals surface area contributed by atoms with Crippen LogP contribution in [0.4, 0.5) is 0 Å². The fourth-order valence-electron chi connectivity index (χ4n) is 2.09. The van der Waals surface area contributed by atoms with Gasteiger partial charge in [-0.05, 0) is 24.9 Å². The number of nitrogens with one attached hydrogen (secondary N) is 1. The van der Waals surface area contributed by atoms with Gasteiger partial charge in [-0.2, -0.15) is 0 Å². The topological polar surface area (TPSA) is 30.5 Å². The quantitative estimate of drug-likeness (QED) is 0.717. The predicted octanol–water partition coefficient (Wildman–Crippen LogP) is 2.22. The van der Waals surface area contributed by atoms with Gasteiger partial charge in [0.2, 0.25) is 0 Å². The van der Waals surface area contributed by atoms with Crippen molar-refractivity contribution in [3.05, 3.63) is 35.9 Å². The Morgan fingerprint density at radius 2 is 2.17 bits per heavy atom. The van der Waals surface area contributed by atoms with Gasteiger partial charge in [0.15, 0.2) is 0 Å². The molecule has 1 heterocycles. The Labute approximate surface area is 109 Å². The van der Waals surface area contributed by atoms with E-state index in [4.69, 9.17) is 9.47 Å². The molecule has 1 N–H and O–H groups in total. The van der Waals surface area contributed by atoms with Crippen molar-refractivity contribution in [2.45, 2.75) is 19.4 Å². The summed E-state index contributed by atoms with van der Waals surface area (Å²) in [5.74, 6) is 0.627. The zero-order valence-corrected chi connectivity index (χ0v) is 10.9. The molecular formula is C15H23NO2. The molecule has 1 aliphatic heterocycles. The maximum absolute atomic E-state index is 5.65. The van der Waals surface area contributed by atoms with Gasteiger partial charge in [-0.3, -0.25) is 0 Å². The SMILES string of the molecule is c1ccc(CNCCCOCC2CCOC2)cc1. The highest BCUT2D eigenvalue weighted by Gasteiger charge is 2.14. The Kier molecular flexibility index (Phi) is 6.20. The molecule has 3 nitrogen and oxygen atoms in total. The normalized spacial score (nSPS) is 19.2. The van der Waals surface area contributed by atoms with Gasteiger partial charge >= 0.3 is 0 Å². The third-order valence-electron chi connectivity index (χ3n) is 3.19. The Balaban J connectivity index is 1.42. The average Bonchev–Trinajstić information content (AvgIpc) is 2.92. The summed E-state index contributed by atoms with van der Waals surface area (Å²) in [4.78, 5) is 0. The summed E-state index contributed by atoms with van der Waals surface area (Å²) in [6.45, 7) is 5.45. The van der Waals surface area contributed by atoms with Gasteiger partial charge in [0.1, 0.15) is 0 Å². The summed E-state index contributed by atoms with van der Waals surface area (Å²) >= 11 is 0. The van der Waals surface area contributed by atoms with E-state index in [2.05, 4.69) is 29.6 Å². The molecular weight excluding hydrogens is 226 g/mol. The van der Waals surface area contributed by atoms with Crippen molar-refractivity contribution in [3.63, 3.8) is 0 Å². The van der Waals surface area contributed by atoms with Crippen LogP contribution >= 0.6 is 0 Å². The Hall–Kier alpha value is -0.900. The van der Waals surface area contributed by atoms with E-state index in [1.165, 1.54) is 5.56 Å². The van der Waals surface area contributed by atoms with Gasteiger partial charge in [0, 0.05) is 25.7 Å². The summed E-state index contributed by atoms with van der Waals surface area (Å²) < 4.78 is 11.0. The smallest absolute Gasteiger partial charge is 0.0517 e. The molecule has 1 unspecified atom stereocenters. The van der Waals surface area contributed by atoms with Crippen LogP contribution in [0.2, 0.25) is 0 Å². The monoisotopic (exact) mass is 249 g/mol. The van der Waals surface area contributed by atoms with Crippen LogP contribution in [0, 0.1) is 5.92 Å². The maximum atomic E-state index is 5.65. The van der Waals surface area contributed by atoms with Crippen LogP contribution in [-0.2, 0) is 16.0 Å². The zero-order chi connectivity index (χ0) is 12.5. The molecule has 0 aliphatic carbocycles. The molecule has 2 rings (SSSR count). The number of hydrogen-bond donors (Lipinski definition) is 1. The van der Waals surface area contributed by atoms with Crippen molar-refractivity contribution in [2.24, 2.45) is 5.92 Å². The third-order valence-corrected chi connectivity index (χ3v) is 3.19. The number of ether oxygens (including phenoxy) is 2. The van der Waals surface area contributed by atoms with Crippen molar-refractivity contribution in [2.75, 3.05) is 33.0 Å². The lowest BCUT2D eigenvalue weighted by atomic mass is 10.1. The van der Waals surface area contributed by atoms with E-state index in [1.54, 1.807) is 0 Å². The van der Waals surface area contributed by atoms with Gasteiger partial charge < -0.3 is 14.8 Å². The lowest BCUT2D eigenvalue weighted by Gasteiger charge is -2.09. The average molecular weight is 249 g/mol. The fourth-order valence-corrected chi connectivity index (χ4v) is 2.09. The first kappa shape index (κ1) is 13.5. The van der Waals surface area contributed by atoms with E-state index in [-0.39, 0.29) is 0 Å². The standard InChI is InChI=1S/C15H23NO2/c1-2-5-14(6-3-1)11-16-8-4-9-17-12-15-7-10-18-13-15/h1-3,5-6,15-16H,4,7-13H2. The minimum Gasteiger partial charge on any atom is -0.381 e. The summed E-state index contributed by atoms with van der Waals surface area (Å²) in [6, 6.07) is 10.5. The first-order valence-electron chi connectivity index (χ1n) is 6.85. The van der Waals surface area contributed by atoms with Crippen molar-refractivity contribution >= 4 is 0 Å². The van der Waals surface area contributed by atoms with E-state index in [0.717, 1.165) is 52.4 Å². The predicted molar refractivity (Wildman–Crippen MR) is 72.5 cm³/mol. The summed E-state index contributed by atoms with van der Waals surface area (Å²) in [7, 11) is 0. The molecule has 18 heavy (non-hydrogen) atoms. The molecule has 1 atom stereocenters. The molecule has 1 fully saturated rings. The van der Waals surface area contributed by atoms with E-state index in [9.17, 15) is 0 Å². The minimum atomic E-state index is 0.627. The summed E-state index contributed by atoms with van der Waals surface area (Å²) in [6.07, 6.45) is 2.23. The Morgan fingerprint density at radius 3 is 2.94 bits per heavy atom. The van der Waals surface area contributed by atoms with Crippen LogP contribution in [0.25, 0.3) is 0 Å². The number of hydrogen-bond acceptors (Lipinski definition) is 3. The van der Waals surface area contributed by atoms with E-state index in [0.29, 0.717) is 5.92 Å². The third kappa shape index (κ3) is 5.17. The first-order chi connectivity index (χ1) is 8.95. The van der Waals surface area contributed by atoms with Gasteiger partial charge in [0.25, 0.3) is 0 Å². The fraction of sp³-hybridized carbons (Fsp3) is 0.600. The molecule has 0 amide bonds. The van der Waals surface area contributed by atoms with Crippen LogP contribution in [0.5, 0.6) is 0 Å². The maximum Gasteiger partial charge on any atom is 0.0517 e. The van der Waals surface area contributed by atoms with E-state index in [1.807, 2.05) is 6.07 Å². The van der Waals surface area contributed by atoms with Gasteiger partial charge in [-0.15, -0.1) is 0 Å². The molecule has 1 saturated heterocycles. The summed E-state index contributed by atoms with van der Waals surface area (Å²) in [5, 5.41) is 3.43. The van der Waals surface area contributed by atoms with E-state index >= 15 is 0 Å². The van der Waals surface area contributed by atoms with Gasteiger partial charge in [-0.25, -0.2) is 0 Å². The van der Waals surface area contributed by atoms with Crippen molar-refractivity contribution in [1.29, 1.82) is 0 Å². The molecule has 3 heteroatoms. The first-order valence-corrected chi connectivity index (χ1v) is 6.85. The Morgan fingerprint density at radius 1 is 1.28 bits per heavy atom. The van der Waals surface area contributed by atoms with Crippen LogP contribution in [-0.4, -0.2) is 33.0 Å². The highest BCUT2D eigenvalue weighted by atomic mass is 16.5. The second kappa shape index (κ2) is 8.25. The van der Waals surface area contributed by atoms with Crippen molar-refractivity contribution in [3.8, 4) is 0 Å². The van der Waals surface area contributed by atoms with Crippen molar-refractivity contribution in [1.82, 2.24) is 5.32 Å².